The number of phenols is 1. The maximum absolute atomic E-state index is 10.7. The monoisotopic (exact) mass is 308 g/mol. The van der Waals surface area contributed by atoms with Crippen LogP contribution in [0.15, 0.2) is 18.3 Å². The van der Waals surface area contributed by atoms with Crippen LogP contribution in [-0.2, 0) is 6.54 Å². The van der Waals surface area contributed by atoms with Crippen molar-refractivity contribution in [3.8, 4) is 5.75 Å². The number of carboxylic acid groups (broad SMARTS) is 1. The van der Waals surface area contributed by atoms with Crippen molar-refractivity contribution in [1.29, 1.82) is 0 Å². The van der Waals surface area contributed by atoms with Gasteiger partial charge in [0.05, 0.1) is 24.9 Å². The van der Waals surface area contributed by atoms with Crippen LogP contribution in [0, 0.1) is 0 Å². The second-order valence-corrected chi connectivity index (χ2v) is 5.19. The predicted octanol–water partition coefficient (Wildman–Crippen LogP) is 0.826. The van der Waals surface area contributed by atoms with Gasteiger partial charge in [-0.05, 0) is 19.1 Å². The summed E-state index contributed by atoms with van der Waals surface area (Å²) >= 11 is 0. The molecule has 0 saturated heterocycles. The molecule has 0 radical (unpaired) electrons. The standard InChI is InChI=1S/C14H20N4O4/c1-9(16-14(21)22)8-18-12-10(7-15-18)3-4-11(20)13(12)17(2)5-6-19/h3-4,7,9,16,19-20H,5-6,8H2,1-2H3,(H,21,22)/t9-/m0/s1. The third-order valence-electron chi connectivity index (χ3n) is 3.39. The average molecular weight is 308 g/mol. The summed E-state index contributed by atoms with van der Waals surface area (Å²) in [7, 11) is 1.76. The van der Waals surface area contributed by atoms with Crippen molar-refractivity contribution in [2.75, 3.05) is 25.1 Å². The second-order valence-electron chi connectivity index (χ2n) is 5.19. The summed E-state index contributed by atoms with van der Waals surface area (Å²) in [6, 6.07) is 3.00. The van der Waals surface area contributed by atoms with Crippen LogP contribution in [0.1, 0.15) is 6.92 Å². The van der Waals surface area contributed by atoms with E-state index in [9.17, 15) is 9.90 Å². The molecule has 0 fully saturated rings. The number of aromatic hydroxyl groups is 1. The van der Waals surface area contributed by atoms with Crippen LogP contribution in [0.3, 0.4) is 0 Å². The van der Waals surface area contributed by atoms with E-state index in [-0.39, 0.29) is 18.4 Å². The Kier molecular flexibility index (Phi) is 4.71. The number of fused-ring (bicyclic) bond motifs is 1. The fourth-order valence-corrected chi connectivity index (χ4v) is 2.44. The minimum atomic E-state index is -1.09. The number of hydrogen-bond donors (Lipinski definition) is 4. The van der Waals surface area contributed by atoms with Crippen LogP contribution in [0.4, 0.5) is 10.5 Å². The minimum Gasteiger partial charge on any atom is -0.506 e. The Morgan fingerprint density at radius 2 is 2.23 bits per heavy atom. The zero-order valence-electron chi connectivity index (χ0n) is 12.5. The molecule has 0 aliphatic carbocycles. The van der Waals surface area contributed by atoms with Gasteiger partial charge in [-0.2, -0.15) is 5.10 Å². The lowest BCUT2D eigenvalue weighted by molar-refractivity contribution is 0.189. The molecule has 22 heavy (non-hydrogen) atoms. The van der Waals surface area contributed by atoms with Crippen molar-refractivity contribution in [3.63, 3.8) is 0 Å². The van der Waals surface area contributed by atoms with E-state index in [1.807, 2.05) is 0 Å². The average Bonchev–Trinajstić information content (AvgIpc) is 2.81. The summed E-state index contributed by atoms with van der Waals surface area (Å²) in [5, 5.41) is 35.5. The first-order valence-electron chi connectivity index (χ1n) is 6.93. The van der Waals surface area contributed by atoms with Gasteiger partial charge < -0.3 is 25.5 Å². The number of aliphatic hydroxyl groups excluding tert-OH is 1. The number of benzene rings is 1. The number of hydrogen-bond acceptors (Lipinski definition) is 5. The molecule has 0 aliphatic rings. The van der Waals surface area contributed by atoms with Crippen molar-refractivity contribution in [1.82, 2.24) is 15.1 Å². The number of amides is 1. The Bertz CT molecular complexity index is 670. The number of aromatic nitrogens is 2. The van der Waals surface area contributed by atoms with Gasteiger partial charge in [0.25, 0.3) is 0 Å². The van der Waals surface area contributed by atoms with E-state index in [2.05, 4.69) is 10.4 Å². The molecule has 8 nitrogen and oxygen atoms in total. The summed E-state index contributed by atoms with van der Waals surface area (Å²) in [5.41, 5.74) is 1.27. The van der Waals surface area contributed by atoms with Crippen LogP contribution in [-0.4, -0.2) is 57.4 Å². The maximum atomic E-state index is 10.7. The number of nitrogens with zero attached hydrogens (tertiary/aromatic N) is 3. The largest absolute Gasteiger partial charge is 0.506 e. The van der Waals surface area contributed by atoms with E-state index in [0.29, 0.717) is 24.3 Å². The van der Waals surface area contributed by atoms with E-state index < -0.39 is 6.09 Å². The van der Waals surface area contributed by atoms with Crippen LogP contribution < -0.4 is 10.2 Å². The van der Waals surface area contributed by atoms with Crippen molar-refractivity contribution in [3.05, 3.63) is 18.3 Å². The van der Waals surface area contributed by atoms with Crippen molar-refractivity contribution < 1.29 is 20.1 Å². The van der Waals surface area contributed by atoms with Gasteiger partial charge in [-0.15, -0.1) is 0 Å². The molecule has 8 heteroatoms. The maximum Gasteiger partial charge on any atom is 0.404 e. The lowest BCUT2D eigenvalue weighted by atomic mass is 10.2. The zero-order chi connectivity index (χ0) is 16.3. The molecule has 1 aromatic carbocycles. The summed E-state index contributed by atoms with van der Waals surface area (Å²) in [5.74, 6) is 0.0871. The number of phenolic OH excluding ortho intramolecular Hbond substituents is 1. The Labute approximate surface area is 127 Å². The highest BCUT2D eigenvalue weighted by Gasteiger charge is 2.17. The summed E-state index contributed by atoms with van der Waals surface area (Å²) in [4.78, 5) is 12.4. The molecule has 1 amide bonds. The molecule has 1 aromatic heterocycles. The van der Waals surface area contributed by atoms with Gasteiger partial charge in [0.2, 0.25) is 0 Å². The first-order chi connectivity index (χ1) is 10.4. The second kappa shape index (κ2) is 6.52. The molecule has 0 bridgehead atoms. The highest BCUT2D eigenvalue weighted by Crippen LogP contribution is 2.34. The highest BCUT2D eigenvalue weighted by atomic mass is 16.4. The Morgan fingerprint density at radius 3 is 2.86 bits per heavy atom. The molecule has 2 aromatic rings. The highest BCUT2D eigenvalue weighted by molar-refractivity contribution is 5.94. The molecule has 120 valence electrons. The molecule has 0 aliphatic heterocycles. The van der Waals surface area contributed by atoms with Gasteiger partial charge in [-0.3, -0.25) is 4.68 Å². The topological polar surface area (TPSA) is 111 Å². The number of nitrogens with one attached hydrogen (secondary N) is 1. The molecule has 1 atom stereocenters. The molecular formula is C14H20N4O4. The summed E-state index contributed by atoms with van der Waals surface area (Å²) in [6.45, 7) is 2.39. The van der Waals surface area contributed by atoms with Crippen LogP contribution in [0.5, 0.6) is 5.75 Å². The van der Waals surface area contributed by atoms with E-state index in [1.54, 1.807) is 41.9 Å². The molecule has 0 unspecified atom stereocenters. The Balaban J connectivity index is 2.43. The van der Waals surface area contributed by atoms with Gasteiger partial charge in [0.1, 0.15) is 11.4 Å². The van der Waals surface area contributed by atoms with Crippen molar-refractivity contribution in [2.45, 2.75) is 19.5 Å². The smallest absolute Gasteiger partial charge is 0.404 e. The predicted molar refractivity (Wildman–Crippen MR) is 82.4 cm³/mol. The van der Waals surface area contributed by atoms with Gasteiger partial charge in [-0.25, -0.2) is 4.79 Å². The zero-order valence-corrected chi connectivity index (χ0v) is 12.5. The van der Waals surface area contributed by atoms with E-state index in [4.69, 9.17) is 10.2 Å². The van der Waals surface area contributed by atoms with Crippen molar-refractivity contribution >= 4 is 22.7 Å². The fourth-order valence-electron chi connectivity index (χ4n) is 2.44. The van der Waals surface area contributed by atoms with Gasteiger partial charge in [-0.1, -0.05) is 0 Å². The first-order valence-corrected chi connectivity index (χ1v) is 6.93. The van der Waals surface area contributed by atoms with E-state index in [1.165, 1.54) is 0 Å². The Morgan fingerprint density at radius 1 is 1.50 bits per heavy atom. The number of likely N-dealkylation sites (N-methyl/N-ethyl adjacent to an activating group) is 1. The molecule has 2 rings (SSSR count). The first kappa shape index (κ1) is 15.9. The lowest BCUT2D eigenvalue weighted by Crippen LogP contribution is -2.34. The fraction of sp³-hybridized carbons (Fsp3) is 0.429. The quantitative estimate of drug-likeness (QED) is 0.629. The van der Waals surface area contributed by atoms with Crippen molar-refractivity contribution in [2.24, 2.45) is 0 Å². The van der Waals surface area contributed by atoms with Crippen LogP contribution in [0.25, 0.3) is 10.9 Å². The number of rotatable bonds is 6. The Hall–Kier alpha value is -2.48. The third-order valence-corrected chi connectivity index (χ3v) is 3.39. The molecule has 4 N–H and O–H groups in total. The number of carbonyl (C=O) groups is 1. The summed E-state index contributed by atoms with van der Waals surface area (Å²) in [6.07, 6.45) is 0.572. The molecular weight excluding hydrogens is 288 g/mol. The summed E-state index contributed by atoms with van der Waals surface area (Å²) < 4.78 is 1.65. The third kappa shape index (κ3) is 3.22. The van der Waals surface area contributed by atoms with Gasteiger partial charge >= 0.3 is 6.09 Å². The van der Waals surface area contributed by atoms with E-state index >= 15 is 0 Å². The number of anilines is 1. The lowest BCUT2D eigenvalue weighted by Gasteiger charge is -2.22. The minimum absolute atomic E-state index is 0.0442. The van der Waals surface area contributed by atoms with E-state index in [0.717, 1.165) is 5.39 Å². The molecule has 1 heterocycles. The van der Waals surface area contributed by atoms with Gasteiger partial charge in [0.15, 0.2) is 0 Å². The normalized spacial score (nSPS) is 12.3. The molecule has 0 spiro atoms. The SMILES string of the molecule is C[C@@H](Cn1ncc2ccc(O)c(N(C)CCO)c21)NC(=O)O. The van der Waals surface area contributed by atoms with Crippen LogP contribution in [0.2, 0.25) is 0 Å². The van der Waals surface area contributed by atoms with Gasteiger partial charge in [0, 0.05) is 25.0 Å². The molecule has 0 saturated carbocycles. The number of aliphatic hydroxyl groups is 1. The van der Waals surface area contributed by atoms with Crippen LogP contribution >= 0.6 is 0 Å².